The van der Waals surface area contributed by atoms with Crippen LogP contribution in [0.25, 0.3) is 0 Å². The van der Waals surface area contributed by atoms with Crippen LogP contribution in [0.1, 0.15) is 43.9 Å². The number of piperidine rings is 1. The average Bonchev–Trinajstić information content (AvgIpc) is 2.33. The van der Waals surface area contributed by atoms with Crippen LogP contribution in [0.3, 0.4) is 0 Å². The standard InChI is InChI=1S/C17H25NO/c1-11-8-12-9-15-16(2,3)17(4,6-7-18-15)13(12)10-14(11)19-5/h8,10,15,18H,6-7,9H2,1-5H3/t15-,17+/m1/s1. The van der Waals surface area contributed by atoms with Crippen molar-refractivity contribution in [1.82, 2.24) is 5.32 Å². The highest BCUT2D eigenvalue weighted by molar-refractivity contribution is 5.49. The highest BCUT2D eigenvalue weighted by atomic mass is 16.5. The Morgan fingerprint density at radius 2 is 2.00 bits per heavy atom. The number of fused-ring (bicyclic) bond motifs is 4. The Bertz CT molecular complexity index is 520. The van der Waals surface area contributed by atoms with Gasteiger partial charge in [0.15, 0.2) is 0 Å². The van der Waals surface area contributed by atoms with Gasteiger partial charge in [0.25, 0.3) is 0 Å². The summed E-state index contributed by atoms with van der Waals surface area (Å²) < 4.78 is 5.55. The molecule has 1 aromatic rings. The summed E-state index contributed by atoms with van der Waals surface area (Å²) in [6.45, 7) is 10.5. The number of hydrogen-bond donors (Lipinski definition) is 1. The largest absolute Gasteiger partial charge is 0.496 e. The molecule has 1 saturated heterocycles. The van der Waals surface area contributed by atoms with Crippen molar-refractivity contribution in [3.8, 4) is 5.75 Å². The molecule has 2 nitrogen and oxygen atoms in total. The lowest BCUT2D eigenvalue weighted by molar-refractivity contribution is 0.0557. The fourth-order valence-corrected chi connectivity index (χ4v) is 4.14. The minimum Gasteiger partial charge on any atom is -0.496 e. The second kappa shape index (κ2) is 3.99. The smallest absolute Gasteiger partial charge is 0.122 e. The summed E-state index contributed by atoms with van der Waals surface area (Å²) in [7, 11) is 1.77. The molecular formula is C17H25NO. The maximum atomic E-state index is 5.55. The Kier molecular flexibility index (Phi) is 2.72. The van der Waals surface area contributed by atoms with Gasteiger partial charge in [-0.2, -0.15) is 0 Å². The molecule has 104 valence electrons. The summed E-state index contributed by atoms with van der Waals surface area (Å²) in [4.78, 5) is 0. The van der Waals surface area contributed by atoms with Gasteiger partial charge in [-0.3, -0.25) is 0 Å². The van der Waals surface area contributed by atoms with Gasteiger partial charge in [-0.25, -0.2) is 0 Å². The quantitative estimate of drug-likeness (QED) is 0.836. The third-order valence-electron chi connectivity index (χ3n) is 5.95. The number of nitrogens with one attached hydrogen (secondary N) is 1. The van der Waals surface area contributed by atoms with E-state index in [2.05, 4.69) is 45.1 Å². The van der Waals surface area contributed by atoms with Gasteiger partial charge in [0.2, 0.25) is 0 Å². The maximum absolute atomic E-state index is 5.55. The van der Waals surface area contributed by atoms with Crippen LogP contribution in [0.5, 0.6) is 5.75 Å². The van der Waals surface area contributed by atoms with Gasteiger partial charge in [-0.1, -0.05) is 26.8 Å². The van der Waals surface area contributed by atoms with Crippen LogP contribution < -0.4 is 10.1 Å². The van der Waals surface area contributed by atoms with Crippen molar-refractivity contribution in [3.05, 3.63) is 28.8 Å². The lowest BCUT2D eigenvalue weighted by Gasteiger charge is -2.57. The maximum Gasteiger partial charge on any atom is 0.122 e. The summed E-state index contributed by atoms with van der Waals surface area (Å²) in [6, 6.07) is 5.22. The van der Waals surface area contributed by atoms with E-state index in [1.807, 2.05) is 0 Å². The van der Waals surface area contributed by atoms with Gasteiger partial charge in [0, 0.05) is 11.5 Å². The van der Waals surface area contributed by atoms with Gasteiger partial charge in [-0.15, -0.1) is 0 Å². The second-order valence-corrected chi connectivity index (χ2v) is 6.99. The number of methoxy groups -OCH3 is 1. The van der Waals surface area contributed by atoms with Crippen molar-refractivity contribution in [3.63, 3.8) is 0 Å². The molecule has 1 fully saturated rings. The molecule has 1 N–H and O–H groups in total. The lowest BCUT2D eigenvalue weighted by Crippen LogP contribution is -2.62. The minimum atomic E-state index is 0.248. The van der Waals surface area contributed by atoms with Crippen molar-refractivity contribution in [2.75, 3.05) is 13.7 Å². The molecule has 0 spiro atoms. The first-order chi connectivity index (χ1) is 8.90. The van der Waals surface area contributed by atoms with Crippen molar-refractivity contribution in [2.45, 2.75) is 52.0 Å². The zero-order valence-electron chi connectivity index (χ0n) is 12.8. The summed E-state index contributed by atoms with van der Waals surface area (Å²) in [6.07, 6.45) is 2.35. The first kappa shape index (κ1) is 13.0. The topological polar surface area (TPSA) is 21.3 Å². The zero-order chi connectivity index (χ0) is 13.8. The second-order valence-electron chi connectivity index (χ2n) is 6.99. The van der Waals surface area contributed by atoms with E-state index in [9.17, 15) is 0 Å². The molecule has 3 rings (SSSR count). The highest BCUT2D eigenvalue weighted by Gasteiger charge is 2.53. The fraction of sp³-hybridized carbons (Fsp3) is 0.647. The SMILES string of the molecule is COc1cc2c(cc1C)C[C@H]1NCC[C@]2(C)C1(C)C. The van der Waals surface area contributed by atoms with Gasteiger partial charge in [-0.05, 0) is 54.5 Å². The molecule has 1 aromatic carbocycles. The van der Waals surface area contributed by atoms with Crippen LogP contribution in [0.15, 0.2) is 12.1 Å². The molecule has 2 atom stereocenters. The predicted molar refractivity (Wildman–Crippen MR) is 79.0 cm³/mol. The van der Waals surface area contributed by atoms with E-state index >= 15 is 0 Å². The van der Waals surface area contributed by atoms with Crippen LogP contribution in [-0.4, -0.2) is 19.7 Å². The minimum absolute atomic E-state index is 0.248. The van der Waals surface area contributed by atoms with Gasteiger partial charge in [0.1, 0.15) is 5.75 Å². The molecule has 2 aliphatic rings. The van der Waals surface area contributed by atoms with Gasteiger partial charge < -0.3 is 10.1 Å². The fourth-order valence-electron chi connectivity index (χ4n) is 4.14. The highest BCUT2D eigenvalue weighted by Crippen LogP contribution is 2.54. The summed E-state index contributed by atoms with van der Waals surface area (Å²) in [5, 5.41) is 3.72. The van der Waals surface area contributed by atoms with E-state index in [-0.39, 0.29) is 5.41 Å². The predicted octanol–water partition coefficient (Wildman–Crippen LogP) is 3.21. The third-order valence-corrected chi connectivity index (χ3v) is 5.95. The van der Waals surface area contributed by atoms with Crippen LogP contribution in [-0.2, 0) is 11.8 Å². The van der Waals surface area contributed by atoms with E-state index in [1.165, 1.54) is 23.1 Å². The summed E-state index contributed by atoms with van der Waals surface area (Å²) >= 11 is 0. The molecule has 0 unspecified atom stereocenters. The Hall–Kier alpha value is -1.02. The Morgan fingerprint density at radius 1 is 1.26 bits per heavy atom. The molecule has 0 radical (unpaired) electrons. The van der Waals surface area contributed by atoms with E-state index in [0.29, 0.717) is 11.5 Å². The number of benzene rings is 1. The first-order valence-electron chi connectivity index (χ1n) is 7.31. The van der Waals surface area contributed by atoms with Crippen molar-refractivity contribution >= 4 is 0 Å². The lowest BCUT2D eigenvalue weighted by atomic mass is 9.51. The Balaban J connectivity index is 2.22. The molecule has 1 heterocycles. The first-order valence-corrected chi connectivity index (χ1v) is 7.31. The molecule has 2 heteroatoms. The van der Waals surface area contributed by atoms with Crippen LogP contribution in [0.4, 0.5) is 0 Å². The molecular weight excluding hydrogens is 234 g/mol. The normalized spacial score (nSPS) is 31.7. The van der Waals surface area contributed by atoms with Crippen LogP contribution >= 0.6 is 0 Å². The average molecular weight is 259 g/mol. The van der Waals surface area contributed by atoms with Gasteiger partial charge >= 0.3 is 0 Å². The Labute approximate surface area is 116 Å². The monoisotopic (exact) mass is 259 g/mol. The molecule has 0 aromatic heterocycles. The number of aryl methyl sites for hydroxylation is 1. The van der Waals surface area contributed by atoms with E-state index in [0.717, 1.165) is 18.7 Å². The summed E-state index contributed by atoms with van der Waals surface area (Å²) in [5.41, 5.74) is 4.81. The number of ether oxygens (including phenoxy) is 1. The molecule has 19 heavy (non-hydrogen) atoms. The van der Waals surface area contributed by atoms with E-state index in [4.69, 9.17) is 4.74 Å². The Morgan fingerprint density at radius 3 is 2.68 bits per heavy atom. The van der Waals surface area contributed by atoms with Gasteiger partial charge in [0.05, 0.1) is 7.11 Å². The summed E-state index contributed by atoms with van der Waals surface area (Å²) in [5.74, 6) is 1.03. The molecule has 1 aliphatic heterocycles. The van der Waals surface area contributed by atoms with E-state index < -0.39 is 0 Å². The molecule has 0 saturated carbocycles. The van der Waals surface area contributed by atoms with Crippen LogP contribution in [0.2, 0.25) is 0 Å². The van der Waals surface area contributed by atoms with Crippen LogP contribution in [0, 0.1) is 12.3 Å². The van der Waals surface area contributed by atoms with Crippen molar-refractivity contribution in [2.24, 2.45) is 5.41 Å². The van der Waals surface area contributed by atoms with Crippen molar-refractivity contribution in [1.29, 1.82) is 0 Å². The number of hydrogen-bond acceptors (Lipinski definition) is 2. The number of rotatable bonds is 1. The molecule has 1 aliphatic carbocycles. The third kappa shape index (κ3) is 1.59. The van der Waals surface area contributed by atoms with Crippen molar-refractivity contribution < 1.29 is 4.74 Å². The molecule has 0 amide bonds. The van der Waals surface area contributed by atoms with E-state index in [1.54, 1.807) is 7.11 Å². The zero-order valence-corrected chi connectivity index (χ0v) is 12.8. The molecule has 2 bridgehead atoms.